The fraction of sp³-hybridized carbons (Fsp3) is 0.444. The predicted molar refractivity (Wildman–Crippen MR) is 94.3 cm³/mol. The van der Waals surface area contributed by atoms with E-state index in [1.807, 2.05) is 13.0 Å². The van der Waals surface area contributed by atoms with Crippen molar-refractivity contribution in [1.29, 1.82) is 0 Å². The van der Waals surface area contributed by atoms with E-state index in [0.717, 1.165) is 31.1 Å². The Morgan fingerprint density at radius 2 is 2.04 bits per heavy atom. The van der Waals surface area contributed by atoms with Gasteiger partial charge in [0, 0.05) is 38.4 Å². The first-order chi connectivity index (χ1) is 11.1. The minimum atomic E-state index is 0.351. The van der Waals surface area contributed by atoms with E-state index in [9.17, 15) is 0 Å². The Morgan fingerprint density at radius 3 is 2.78 bits per heavy atom. The first-order valence-electron chi connectivity index (χ1n) is 8.19. The number of aryl methyl sites for hydroxylation is 1. The summed E-state index contributed by atoms with van der Waals surface area (Å²) < 4.78 is 0. The summed E-state index contributed by atoms with van der Waals surface area (Å²) in [5, 5.41) is 0. The molecule has 122 valence electrons. The SMILES string of the molecule is Cc1cc(N(C)CC2CCN(Cc3ccccc3)C2)nc(N)n1. The van der Waals surface area contributed by atoms with Crippen molar-refractivity contribution in [3.63, 3.8) is 0 Å². The lowest BCUT2D eigenvalue weighted by Crippen LogP contribution is -2.29. The van der Waals surface area contributed by atoms with Gasteiger partial charge in [0.2, 0.25) is 5.95 Å². The number of nitrogens with zero attached hydrogens (tertiary/aromatic N) is 4. The lowest BCUT2D eigenvalue weighted by Gasteiger charge is -2.23. The van der Waals surface area contributed by atoms with Crippen molar-refractivity contribution in [2.24, 2.45) is 5.92 Å². The maximum atomic E-state index is 5.76. The molecule has 1 unspecified atom stereocenters. The molecule has 1 aromatic carbocycles. The number of aromatic nitrogens is 2. The van der Waals surface area contributed by atoms with Gasteiger partial charge in [0.15, 0.2) is 0 Å². The molecular weight excluding hydrogens is 286 g/mol. The fourth-order valence-electron chi connectivity index (χ4n) is 3.30. The molecule has 2 aromatic rings. The quantitative estimate of drug-likeness (QED) is 0.918. The molecule has 1 fully saturated rings. The minimum absolute atomic E-state index is 0.351. The molecule has 23 heavy (non-hydrogen) atoms. The Kier molecular flexibility index (Phi) is 4.76. The molecule has 1 aliphatic heterocycles. The van der Waals surface area contributed by atoms with Gasteiger partial charge >= 0.3 is 0 Å². The summed E-state index contributed by atoms with van der Waals surface area (Å²) in [6, 6.07) is 12.7. The highest BCUT2D eigenvalue weighted by molar-refractivity contribution is 5.42. The van der Waals surface area contributed by atoms with E-state index in [-0.39, 0.29) is 0 Å². The van der Waals surface area contributed by atoms with Gasteiger partial charge in [-0.25, -0.2) is 4.98 Å². The number of nitrogen functional groups attached to an aromatic ring is 1. The maximum Gasteiger partial charge on any atom is 0.222 e. The van der Waals surface area contributed by atoms with Crippen LogP contribution in [0.5, 0.6) is 0 Å². The molecule has 2 heterocycles. The van der Waals surface area contributed by atoms with Crippen molar-refractivity contribution in [2.75, 3.05) is 37.3 Å². The number of hydrogen-bond acceptors (Lipinski definition) is 5. The Hall–Kier alpha value is -2.14. The first-order valence-corrected chi connectivity index (χ1v) is 8.19. The third-order valence-electron chi connectivity index (χ3n) is 4.40. The van der Waals surface area contributed by atoms with Gasteiger partial charge in [0.1, 0.15) is 5.82 Å². The molecule has 0 amide bonds. The third-order valence-corrected chi connectivity index (χ3v) is 4.40. The molecule has 1 saturated heterocycles. The summed E-state index contributed by atoms with van der Waals surface area (Å²) in [5.41, 5.74) is 8.06. The van der Waals surface area contributed by atoms with Gasteiger partial charge in [-0.1, -0.05) is 30.3 Å². The molecule has 0 saturated carbocycles. The normalized spacial score (nSPS) is 18.3. The average Bonchev–Trinajstić information content (AvgIpc) is 2.94. The smallest absolute Gasteiger partial charge is 0.222 e. The maximum absolute atomic E-state index is 5.76. The largest absolute Gasteiger partial charge is 0.368 e. The molecule has 3 rings (SSSR count). The highest BCUT2D eigenvalue weighted by Gasteiger charge is 2.24. The van der Waals surface area contributed by atoms with Gasteiger partial charge < -0.3 is 10.6 Å². The molecule has 0 spiro atoms. The Labute approximate surface area is 138 Å². The molecule has 2 N–H and O–H groups in total. The highest BCUT2D eigenvalue weighted by Crippen LogP contribution is 2.21. The Balaban J connectivity index is 1.55. The summed E-state index contributed by atoms with van der Waals surface area (Å²) in [6.07, 6.45) is 1.23. The second-order valence-electron chi connectivity index (χ2n) is 6.48. The van der Waals surface area contributed by atoms with Crippen LogP contribution in [0, 0.1) is 12.8 Å². The van der Waals surface area contributed by atoms with E-state index in [4.69, 9.17) is 5.73 Å². The van der Waals surface area contributed by atoms with E-state index < -0.39 is 0 Å². The molecule has 0 bridgehead atoms. The molecule has 1 aliphatic rings. The second kappa shape index (κ2) is 6.96. The van der Waals surface area contributed by atoms with Gasteiger partial charge in [-0.15, -0.1) is 0 Å². The van der Waals surface area contributed by atoms with E-state index in [1.54, 1.807) is 0 Å². The molecule has 5 heteroatoms. The van der Waals surface area contributed by atoms with Crippen LogP contribution in [0.15, 0.2) is 36.4 Å². The number of anilines is 2. The van der Waals surface area contributed by atoms with Crippen LogP contribution in [-0.2, 0) is 6.54 Å². The second-order valence-corrected chi connectivity index (χ2v) is 6.48. The summed E-state index contributed by atoms with van der Waals surface area (Å²) in [6.45, 7) is 6.30. The van der Waals surface area contributed by atoms with Gasteiger partial charge in [-0.3, -0.25) is 4.90 Å². The van der Waals surface area contributed by atoms with Crippen LogP contribution in [0.2, 0.25) is 0 Å². The van der Waals surface area contributed by atoms with Gasteiger partial charge in [-0.05, 0) is 31.4 Å². The van der Waals surface area contributed by atoms with Crippen LogP contribution in [0.4, 0.5) is 11.8 Å². The van der Waals surface area contributed by atoms with Gasteiger partial charge in [0.25, 0.3) is 0 Å². The van der Waals surface area contributed by atoms with Crippen LogP contribution in [-0.4, -0.2) is 41.5 Å². The van der Waals surface area contributed by atoms with Crippen molar-refractivity contribution in [1.82, 2.24) is 14.9 Å². The van der Waals surface area contributed by atoms with Crippen LogP contribution in [0.25, 0.3) is 0 Å². The van der Waals surface area contributed by atoms with Crippen LogP contribution in [0.1, 0.15) is 17.7 Å². The van der Waals surface area contributed by atoms with Crippen LogP contribution >= 0.6 is 0 Å². The molecule has 0 aliphatic carbocycles. The molecule has 1 atom stereocenters. The molecular formula is C18H25N5. The lowest BCUT2D eigenvalue weighted by molar-refractivity contribution is 0.317. The predicted octanol–water partition coefficient (Wildman–Crippen LogP) is 2.33. The van der Waals surface area contributed by atoms with E-state index in [0.29, 0.717) is 11.9 Å². The summed E-state index contributed by atoms with van der Waals surface area (Å²) in [5.74, 6) is 1.93. The zero-order valence-electron chi connectivity index (χ0n) is 13.9. The molecule has 5 nitrogen and oxygen atoms in total. The summed E-state index contributed by atoms with van der Waals surface area (Å²) in [4.78, 5) is 13.2. The Morgan fingerprint density at radius 1 is 1.26 bits per heavy atom. The van der Waals surface area contributed by atoms with E-state index in [2.05, 4.69) is 57.1 Å². The van der Waals surface area contributed by atoms with Gasteiger partial charge in [0.05, 0.1) is 0 Å². The van der Waals surface area contributed by atoms with E-state index >= 15 is 0 Å². The summed E-state index contributed by atoms with van der Waals surface area (Å²) in [7, 11) is 2.08. The lowest BCUT2D eigenvalue weighted by atomic mass is 10.1. The van der Waals surface area contributed by atoms with Crippen LogP contribution in [0.3, 0.4) is 0 Å². The standard InChI is InChI=1S/C18H25N5/c1-14-10-17(21-18(19)20-14)22(2)11-16-8-9-23(13-16)12-15-6-4-3-5-7-15/h3-7,10,16H,8-9,11-13H2,1-2H3,(H2,19,20,21). The highest BCUT2D eigenvalue weighted by atomic mass is 15.2. The number of rotatable bonds is 5. The van der Waals surface area contributed by atoms with Crippen molar-refractivity contribution in [3.05, 3.63) is 47.7 Å². The number of nitrogens with two attached hydrogens (primary N) is 1. The molecule has 1 aromatic heterocycles. The van der Waals surface area contributed by atoms with Crippen molar-refractivity contribution >= 4 is 11.8 Å². The van der Waals surface area contributed by atoms with E-state index in [1.165, 1.54) is 18.5 Å². The molecule has 0 radical (unpaired) electrons. The van der Waals surface area contributed by atoms with Crippen molar-refractivity contribution in [2.45, 2.75) is 19.9 Å². The van der Waals surface area contributed by atoms with Gasteiger partial charge in [-0.2, -0.15) is 4.98 Å². The zero-order valence-corrected chi connectivity index (χ0v) is 13.9. The monoisotopic (exact) mass is 311 g/mol. The van der Waals surface area contributed by atoms with Crippen LogP contribution < -0.4 is 10.6 Å². The number of hydrogen-bond donors (Lipinski definition) is 1. The number of likely N-dealkylation sites (tertiary alicyclic amines) is 1. The fourth-order valence-corrected chi connectivity index (χ4v) is 3.30. The first kappa shape index (κ1) is 15.7. The topological polar surface area (TPSA) is 58.3 Å². The summed E-state index contributed by atoms with van der Waals surface area (Å²) >= 11 is 0. The Bertz CT molecular complexity index is 623. The third kappa shape index (κ3) is 4.20. The van der Waals surface area contributed by atoms with Crippen molar-refractivity contribution in [3.8, 4) is 0 Å². The minimum Gasteiger partial charge on any atom is -0.368 e. The zero-order chi connectivity index (χ0) is 16.2. The average molecular weight is 311 g/mol. The number of benzene rings is 1. The van der Waals surface area contributed by atoms with Crippen molar-refractivity contribution < 1.29 is 0 Å².